The highest BCUT2D eigenvalue weighted by atomic mass is 16.6. The second-order valence-electron chi connectivity index (χ2n) is 21.2. The average Bonchev–Trinajstić information content (AvgIpc) is 1.01. The Morgan fingerprint density at radius 1 is 0.240 bits per heavy atom. The van der Waals surface area contributed by atoms with Gasteiger partial charge in [0.1, 0.15) is 34.5 Å². The largest absolute Gasteiger partial charge is 0.493 e. The summed E-state index contributed by atoms with van der Waals surface area (Å²) in [4.78, 5) is 79.4. The first-order chi connectivity index (χ1) is 46.9. The zero-order chi connectivity index (χ0) is 67.0. The molecule has 0 unspecified atom stereocenters. The van der Waals surface area contributed by atoms with Gasteiger partial charge >= 0.3 is 35.8 Å². The highest BCUT2D eigenvalue weighted by molar-refractivity contribution is 6.00. The first-order valence-corrected chi connectivity index (χ1v) is 30.2. The van der Waals surface area contributed by atoms with Crippen LogP contribution < -0.4 is 28.4 Å². The van der Waals surface area contributed by atoms with Gasteiger partial charge in [-0.05, 0) is 197 Å². The number of hydrogen-bond donors (Lipinski definition) is 0. The molecule has 0 radical (unpaired) electrons. The van der Waals surface area contributed by atoms with Crippen LogP contribution in [0.5, 0.6) is 34.5 Å². The van der Waals surface area contributed by atoms with Crippen molar-refractivity contribution in [1.29, 1.82) is 15.8 Å². The number of nitriles is 3. The van der Waals surface area contributed by atoms with Gasteiger partial charge in [-0.3, -0.25) is 0 Å². The molecule has 0 amide bonds. The molecule has 0 N–H and O–H groups in total. The van der Waals surface area contributed by atoms with Crippen LogP contribution in [0, 0.1) is 34.0 Å². The normalized spacial score (nSPS) is 10.5. The van der Waals surface area contributed by atoms with E-state index in [2.05, 4.69) is 18.2 Å². The molecule has 10 aromatic rings. The summed E-state index contributed by atoms with van der Waals surface area (Å²) < 4.78 is 50.8. The summed E-state index contributed by atoms with van der Waals surface area (Å²) in [6.45, 7) is 0.0692. The predicted molar refractivity (Wildman–Crippen MR) is 352 cm³/mol. The molecule has 0 saturated heterocycles. The molecule has 0 heterocycles. The maximum atomic E-state index is 13.5. The van der Waals surface area contributed by atoms with E-state index in [1.807, 2.05) is 72.8 Å². The fraction of sp³-hybridized carbons (Fsp3) is 0.115. The van der Waals surface area contributed by atoms with E-state index in [9.17, 15) is 28.8 Å². The molecular weight excluding hydrogens is 1220 g/mol. The Kier molecular flexibility index (Phi) is 22.5. The molecule has 0 saturated carbocycles. The fourth-order valence-electron chi connectivity index (χ4n) is 9.39. The molecule has 0 aliphatic heterocycles. The Morgan fingerprint density at radius 3 is 0.667 bits per heavy atom. The quantitative estimate of drug-likeness (QED) is 0.0201. The Balaban J connectivity index is 0.685. The standard InChI is InChI=1S/C78H57N3O15/c79-49-52-4-10-55(11-5-52)58-16-34-70(35-17-58)94-76(85)61-22-28-67(29-23-61)88-40-1-43-91-73(82)64-46-65(74(83)92-44-2-41-89-68-30-24-62(25-31-68)77(86)95-71-36-18-59(19-37-71)56-12-6-53(50-80)7-13-56)48-66(47-64)75(84)93-45-3-42-90-69-32-26-63(27-33-69)78(87)96-72-38-20-60(21-39-72)57-14-8-54(51-81)9-15-57/h4-39,46-48H,1-3,40-45H2. The molecule has 96 heavy (non-hydrogen) atoms. The Bertz CT molecular complexity index is 4030. The molecule has 18 nitrogen and oxygen atoms in total. The molecule has 0 atom stereocenters. The summed E-state index contributed by atoms with van der Waals surface area (Å²) in [6, 6.07) is 71.5. The van der Waals surface area contributed by atoms with Crippen molar-refractivity contribution in [3.63, 3.8) is 0 Å². The second kappa shape index (κ2) is 32.8. The van der Waals surface area contributed by atoms with Crippen molar-refractivity contribution in [1.82, 2.24) is 0 Å². The lowest BCUT2D eigenvalue weighted by atomic mass is 10.0. The van der Waals surface area contributed by atoms with Gasteiger partial charge < -0.3 is 42.6 Å². The summed E-state index contributed by atoms with van der Waals surface area (Å²) in [5.41, 5.74) is 7.57. The topological polar surface area (TPSA) is 257 Å². The van der Waals surface area contributed by atoms with Gasteiger partial charge in [-0.2, -0.15) is 15.8 Å². The number of hydrogen-bond acceptors (Lipinski definition) is 18. The molecule has 10 rings (SSSR count). The molecule has 18 heteroatoms. The third kappa shape index (κ3) is 18.5. The van der Waals surface area contributed by atoms with Crippen molar-refractivity contribution in [2.75, 3.05) is 39.6 Å². The van der Waals surface area contributed by atoms with Gasteiger partial charge in [-0.1, -0.05) is 72.8 Å². The predicted octanol–water partition coefficient (Wildman–Crippen LogP) is 14.8. The van der Waals surface area contributed by atoms with Gasteiger partial charge in [0, 0.05) is 19.3 Å². The van der Waals surface area contributed by atoms with E-state index in [0.717, 1.165) is 33.4 Å². The van der Waals surface area contributed by atoms with Crippen molar-refractivity contribution < 1.29 is 71.4 Å². The lowest BCUT2D eigenvalue weighted by Crippen LogP contribution is -2.15. The number of benzene rings is 10. The second-order valence-corrected chi connectivity index (χ2v) is 21.2. The van der Waals surface area contributed by atoms with Crippen LogP contribution in [0.3, 0.4) is 0 Å². The zero-order valence-corrected chi connectivity index (χ0v) is 51.3. The van der Waals surface area contributed by atoms with Crippen LogP contribution in [0.1, 0.15) is 98.1 Å². The smallest absolute Gasteiger partial charge is 0.343 e. The maximum absolute atomic E-state index is 13.5. The minimum atomic E-state index is -0.838. The highest BCUT2D eigenvalue weighted by Crippen LogP contribution is 2.28. The van der Waals surface area contributed by atoms with Crippen molar-refractivity contribution in [3.05, 3.63) is 287 Å². The van der Waals surface area contributed by atoms with Crippen molar-refractivity contribution in [3.8, 4) is 86.1 Å². The Hall–Kier alpha value is -13.1. The maximum Gasteiger partial charge on any atom is 0.343 e. The van der Waals surface area contributed by atoms with E-state index in [1.165, 1.54) is 18.2 Å². The third-order valence-corrected chi connectivity index (χ3v) is 14.5. The molecule has 10 aromatic carbocycles. The number of rotatable bonds is 27. The summed E-state index contributed by atoms with van der Waals surface area (Å²) in [7, 11) is 0. The summed E-state index contributed by atoms with van der Waals surface area (Å²) >= 11 is 0. The summed E-state index contributed by atoms with van der Waals surface area (Å²) in [6.07, 6.45) is 0.748. The minimum absolute atomic E-state index is 0.101. The van der Waals surface area contributed by atoms with Crippen LogP contribution in [0.15, 0.2) is 237 Å². The molecule has 0 bridgehead atoms. The lowest BCUT2D eigenvalue weighted by molar-refractivity contribution is 0.0481. The number of carbonyl (C=O) groups excluding carboxylic acids is 6. The van der Waals surface area contributed by atoms with Gasteiger partial charge in [-0.15, -0.1) is 0 Å². The van der Waals surface area contributed by atoms with Gasteiger partial charge in [0.2, 0.25) is 0 Å². The highest BCUT2D eigenvalue weighted by Gasteiger charge is 2.21. The lowest BCUT2D eigenvalue weighted by Gasteiger charge is -2.12. The van der Waals surface area contributed by atoms with Crippen molar-refractivity contribution in [2.45, 2.75) is 19.3 Å². The van der Waals surface area contributed by atoms with Crippen LogP contribution >= 0.6 is 0 Å². The Labute approximate surface area is 552 Å². The van der Waals surface area contributed by atoms with Gasteiger partial charge in [0.15, 0.2) is 0 Å². The van der Waals surface area contributed by atoms with E-state index in [1.54, 1.807) is 146 Å². The summed E-state index contributed by atoms with van der Waals surface area (Å²) in [5.74, 6) is -1.83. The molecular formula is C78H57N3O15. The zero-order valence-electron chi connectivity index (χ0n) is 51.3. The molecule has 474 valence electrons. The van der Waals surface area contributed by atoms with Crippen LogP contribution in [0.25, 0.3) is 33.4 Å². The van der Waals surface area contributed by atoms with E-state index >= 15 is 0 Å². The minimum Gasteiger partial charge on any atom is -0.493 e. The first kappa shape index (κ1) is 65.8. The summed E-state index contributed by atoms with van der Waals surface area (Å²) in [5, 5.41) is 27.3. The fourth-order valence-corrected chi connectivity index (χ4v) is 9.39. The SMILES string of the molecule is N#Cc1ccc(-c2ccc(OC(=O)c3ccc(OCCCOC(=O)c4cc(C(=O)OCCCOc5ccc(C(=O)Oc6ccc(-c7ccc(C#N)cc7)cc6)cc5)cc(C(=O)OCCCOc5ccc(C(=O)Oc6ccc(-c7ccc(C#N)cc7)cc6)cc5)c4)cc3)cc2)cc1. The third-order valence-electron chi connectivity index (χ3n) is 14.5. The van der Waals surface area contributed by atoms with E-state index < -0.39 is 35.8 Å². The van der Waals surface area contributed by atoms with Gasteiger partial charge in [0.05, 0.1) is 108 Å². The monoisotopic (exact) mass is 1280 g/mol. The van der Waals surface area contributed by atoms with Gasteiger partial charge in [-0.25, -0.2) is 28.8 Å². The van der Waals surface area contributed by atoms with Crippen LogP contribution in [-0.2, 0) is 14.2 Å². The van der Waals surface area contributed by atoms with E-state index in [4.69, 9.17) is 58.4 Å². The van der Waals surface area contributed by atoms with Crippen LogP contribution in [0.4, 0.5) is 0 Å². The molecule has 0 aromatic heterocycles. The van der Waals surface area contributed by atoms with Crippen LogP contribution in [-0.4, -0.2) is 75.5 Å². The number of ether oxygens (including phenoxy) is 9. The van der Waals surface area contributed by atoms with Gasteiger partial charge in [0.25, 0.3) is 0 Å². The Morgan fingerprint density at radius 2 is 0.448 bits per heavy atom. The number of esters is 6. The first-order valence-electron chi connectivity index (χ1n) is 30.2. The van der Waals surface area contributed by atoms with E-state index in [-0.39, 0.29) is 92.3 Å². The van der Waals surface area contributed by atoms with Crippen molar-refractivity contribution >= 4 is 35.8 Å². The van der Waals surface area contributed by atoms with E-state index in [0.29, 0.717) is 51.2 Å². The average molecular weight is 1280 g/mol. The number of nitrogens with zero attached hydrogens (tertiary/aromatic N) is 3. The molecule has 0 aliphatic rings. The van der Waals surface area contributed by atoms with Crippen LogP contribution in [0.2, 0.25) is 0 Å². The van der Waals surface area contributed by atoms with Crippen molar-refractivity contribution in [2.24, 2.45) is 0 Å². The molecule has 0 spiro atoms. The molecule has 0 fully saturated rings. The molecule has 0 aliphatic carbocycles. The number of carbonyl (C=O) groups is 6.